The number of cyclic esters (lactones) is 1. The minimum Gasteiger partial charge on any atom is -0.464 e. The summed E-state index contributed by atoms with van der Waals surface area (Å²) in [5.41, 5.74) is 7.58. The summed E-state index contributed by atoms with van der Waals surface area (Å²) in [4.78, 5) is 69.7. The van der Waals surface area contributed by atoms with Gasteiger partial charge in [-0.1, -0.05) is 31.9 Å². The monoisotopic (exact) mass is 954 g/mol. The molecule has 2 N–H and O–H groups in total. The van der Waals surface area contributed by atoms with Crippen LogP contribution in [0, 0.1) is 22.7 Å². The van der Waals surface area contributed by atoms with Crippen molar-refractivity contribution in [1.82, 2.24) is 40.1 Å². The van der Waals surface area contributed by atoms with Gasteiger partial charge in [0, 0.05) is 96.9 Å². The van der Waals surface area contributed by atoms with Gasteiger partial charge in [0.2, 0.25) is 5.91 Å². The van der Waals surface area contributed by atoms with Crippen molar-refractivity contribution in [1.29, 1.82) is 0 Å². The Balaban J connectivity index is 0.902. The molecule has 7 heterocycles. The number of methoxy groups -OCH3 is 1. The zero-order chi connectivity index (χ0) is 48.5. The van der Waals surface area contributed by atoms with E-state index in [0.29, 0.717) is 44.6 Å². The molecule has 6 aliphatic rings. The molecule has 5 atom stereocenters. The van der Waals surface area contributed by atoms with Gasteiger partial charge in [-0.15, -0.1) is 17.9 Å². The minimum atomic E-state index is -1.19. The Morgan fingerprint density at radius 1 is 1.14 bits per heavy atom. The first-order valence-corrected chi connectivity index (χ1v) is 25.2. The summed E-state index contributed by atoms with van der Waals surface area (Å²) in [7, 11) is 1.72. The van der Waals surface area contributed by atoms with Crippen molar-refractivity contribution < 1.29 is 33.4 Å². The fourth-order valence-corrected chi connectivity index (χ4v) is 12.0. The standard InChI is InChI=1S/C53H62N8O7S/c1-8-52(20-25-58(31-52)42(63)17-19-51(5,6)59-22-12-23-59)68-26-18-40(62)56-39-28-53(39)29-41-55-37(30-69-41)33-15-16-38-35(27-33)43-44(47(66-7)45-34(13-10-21-54-45)46(43)60(38)9-2)50(3,4)32-67-48(64)36-14-11-24-61(57-36)49(53)65/h8,10,13,15-16,21,27-28,30,36,44,47,57H,1,9,11-12,14,18,20,22-26,29,31-32H2,2-7H3,(H,56,62)/t36-,44?,47-,52-,53+/m0/s1. The van der Waals surface area contributed by atoms with E-state index in [0.717, 1.165) is 75.7 Å². The second kappa shape index (κ2) is 17.9. The second-order valence-corrected chi connectivity index (χ2v) is 21.5. The first-order valence-electron chi connectivity index (χ1n) is 24.3. The number of benzene rings is 1. The van der Waals surface area contributed by atoms with Gasteiger partial charge in [-0.2, -0.15) is 0 Å². The van der Waals surface area contributed by atoms with Crippen molar-refractivity contribution in [2.75, 3.05) is 53.0 Å². The van der Waals surface area contributed by atoms with Crippen LogP contribution in [-0.4, -0.2) is 123 Å². The van der Waals surface area contributed by atoms with Gasteiger partial charge < -0.3 is 29.0 Å². The highest BCUT2D eigenvalue weighted by Crippen LogP contribution is 2.57. The average Bonchev–Trinajstić information content (AvgIpc) is 3.64. The minimum absolute atomic E-state index is 0.0165. The summed E-state index contributed by atoms with van der Waals surface area (Å²) < 4.78 is 21.3. The number of rotatable bonds is 9. The molecule has 69 heavy (non-hydrogen) atoms. The molecule has 4 aromatic rings. The van der Waals surface area contributed by atoms with Crippen LogP contribution in [0.25, 0.3) is 33.4 Å². The van der Waals surface area contributed by atoms with Crippen molar-refractivity contribution in [3.63, 3.8) is 0 Å². The van der Waals surface area contributed by atoms with Gasteiger partial charge >= 0.3 is 5.97 Å². The predicted octanol–water partition coefficient (Wildman–Crippen LogP) is 6.30. The average molecular weight is 955 g/mol. The molecular weight excluding hydrogens is 893 g/mol. The molecular formula is C53H62N8O7S. The third-order valence-electron chi connectivity index (χ3n) is 15.3. The maximum atomic E-state index is 14.8. The smallest absolute Gasteiger partial charge is 0.324 e. The molecule has 15 nitrogen and oxygen atoms in total. The van der Waals surface area contributed by atoms with E-state index in [-0.39, 0.29) is 55.2 Å². The molecule has 2 aliphatic carbocycles. The molecule has 3 amide bonds. The number of carbonyl (C=O) groups excluding carboxylic acids is 4. The van der Waals surface area contributed by atoms with Crippen LogP contribution < -0.4 is 10.7 Å². The summed E-state index contributed by atoms with van der Waals surface area (Å²) >= 11 is 1.47. The van der Waals surface area contributed by atoms with Crippen LogP contribution in [0.15, 0.2) is 66.3 Å². The number of nitrogens with one attached hydrogen (secondary N) is 2. The van der Waals surface area contributed by atoms with Crippen LogP contribution in [0.5, 0.6) is 0 Å². The molecule has 362 valence electrons. The van der Waals surface area contributed by atoms with Crippen LogP contribution in [0.3, 0.4) is 0 Å². The maximum absolute atomic E-state index is 14.8. The number of amides is 3. The van der Waals surface area contributed by atoms with Gasteiger partial charge in [0.25, 0.3) is 11.8 Å². The van der Waals surface area contributed by atoms with Crippen molar-refractivity contribution in [3.8, 4) is 34.4 Å². The third-order valence-corrected chi connectivity index (χ3v) is 16.1. The SMILES string of the molecule is C=C[C@]1(OCCC(=O)NC2=C[C@@]23Cc2nc(cs2)-c2ccc4c(c2)c2c(n4CC)-c4cccnc4[C@@H](OC)C2C(C)(C)COC(=O)[C@@H]2CCCN(N2)C3=O)CCN(C(=O)C#CC(C)(C)N2CCC2)C1. The van der Waals surface area contributed by atoms with Crippen LogP contribution in [0.4, 0.5) is 0 Å². The lowest BCUT2D eigenvalue weighted by atomic mass is 9.67. The van der Waals surface area contributed by atoms with Gasteiger partial charge in [0.05, 0.1) is 53.8 Å². The normalized spacial score (nSPS) is 26.3. The molecule has 3 saturated heterocycles. The lowest BCUT2D eigenvalue weighted by Crippen LogP contribution is -2.58. The molecule has 3 fully saturated rings. The lowest BCUT2D eigenvalue weighted by molar-refractivity contribution is -0.156. The number of ether oxygens (including phenoxy) is 3. The Hall–Kier alpha value is -5.70. The number of hydrogen-bond donors (Lipinski definition) is 2. The third kappa shape index (κ3) is 8.39. The van der Waals surface area contributed by atoms with E-state index in [2.05, 4.69) is 83.7 Å². The number of aromatic nitrogens is 3. The largest absolute Gasteiger partial charge is 0.464 e. The van der Waals surface area contributed by atoms with E-state index in [1.165, 1.54) is 16.3 Å². The number of aryl methyl sites for hydroxylation is 1. The van der Waals surface area contributed by atoms with E-state index in [1.807, 2.05) is 25.3 Å². The molecule has 1 aromatic carbocycles. The van der Waals surface area contributed by atoms with Crippen LogP contribution >= 0.6 is 11.3 Å². The Kier molecular flexibility index (Phi) is 12.2. The maximum Gasteiger partial charge on any atom is 0.324 e. The van der Waals surface area contributed by atoms with Crippen LogP contribution in [0.1, 0.15) is 95.0 Å². The number of likely N-dealkylation sites (tertiary alicyclic amines) is 2. The fourth-order valence-electron chi connectivity index (χ4n) is 11.1. The van der Waals surface area contributed by atoms with E-state index in [4.69, 9.17) is 24.2 Å². The van der Waals surface area contributed by atoms with Crippen molar-refractivity contribution in [3.05, 3.63) is 82.6 Å². The van der Waals surface area contributed by atoms with E-state index >= 15 is 0 Å². The predicted molar refractivity (Wildman–Crippen MR) is 262 cm³/mol. The first kappa shape index (κ1) is 47.0. The highest BCUT2D eigenvalue weighted by Gasteiger charge is 2.55. The number of fused-ring (bicyclic) bond motifs is 8. The number of esters is 1. The highest BCUT2D eigenvalue weighted by molar-refractivity contribution is 7.10. The van der Waals surface area contributed by atoms with Gasteiger partial charge in [-0.3, -0.25) is 34.1 Å². The quantitative estimate of drug-likeness (QED) is 0.110. The zero-order valence-electron chi connectivity index (χ0n) is 40.5. The topological polar surface area (TPSA) is 160 Å². The zero-order valence-corrected chi connectivity index (χ0v) is 41.3. The number of pyridine rings is 1. The molecule has 16 heteroatoms. The van der Waals surface area contributed by atoms with E-state index < -0.39 is 34.5 Å². The first-order chi connectivity index (χ1) is 33.1. The van der Waals surface area contributed by atoms with E-state index in [9.17, 15) is 19.2 Å². The summed E-state index contributed by atoms with van der Waals surface area (Å²) in [6, 6.07) is 9.78. The van der Waals surface area contributed by atoms with Crippen molar-refractivity contribution in [2.45, 2.75) is 109 Å². The summed E-state index contributed by atoms with van der Waals surface area (Å²) in [5, 5.41) is 8.35. The Bertz CT molecular complexity index is 2850. The molecule has 0 saturated carbocycles. The molecule has 4 aliphatic heterocycles. The highest BCUT2D eigenvalue weighted by atomic mass is 32.1. The molecule has 10 rings (SSSR count). The van der Waals surface area contributed by atoms with Crippen molar-refractivity contribution in [2.24, 2.45) is 10.8 Å². The van der Waals surface area contributed by atoms with Crippen LogP contribution in [-0.2, 0) is 46.4 Å². The Labute approximate surface area is 407 Å². The number of thiazole rings is 1. The molecule has 1 spiro atoms. The second-order valence-electron chi connectivity index (χ2n) is 20.6. The van der Waals surface area contributed by atoms with Crippen LogP contribution in [0.2, 0.25) is 0 Å². The van der Waals surface area contributed by atoms with Crippen molar-refractivity contribution >= 4 is 45.9 Å². The molecule has 0 radical (unpaired) electrons. The fraction of sp³-hybridized carbons (Fsp3) is 0.509. The number of carbonyl (C=O) groups is 4. The summed E-state index contributed by atoms with van der Waals surface area (Å²) in [6.07, 6.45) is 7.88. The van der Waals surface area contributed by atoms with Gasteiger partial charge in [0.15, 0.2) is 0 Å². The lowest BCUT2D eigenvalue weighted by Gasteiger charge is -2.42. The van der Waals surface area contributed by atoms with Gasteiger partial charge in [0.1, 0.15) is 23.2 Å². The Morgan fingerprint density at radius 2 is 1.97 bits per heavy atom. The van der Waals surface area contributed by atoms with E-state index in [1.54, 1.807) is 30.4 Å². The number of hydrazine groups is 1. The number of nitrogens with zero attached hydrogens (tertiary/aromatic N) is 6. The summed E-state index contributed by atoms with van der Waals surface area (Å²) in [5.74, 6) is 4.49. The molecule has 3 aromatic heterocycles. The molecule has 6 bridgehead atoms. The van der Waals surface area contributed by atoms with Gasteiger partial charge in [-0.05, 0) is 88.3 Å². The Morgan fingerprint density at radius 3 is 2.72 bits per heavy atom. The summed E-state index contributed by atoms with van der Waals surface area (Å²) in [6.45, 7) is 18.5. The van der Waals surface area contributed by atoms with Gasteiger partial charge in [-0.25, -0.2) is 10.4 Å². The number of hydrogen-bond acceptors (Lipinski definition) is 12. The molecule has 1 unspecified atom stereocenters.